The average Bonchev–Trinajstić information content (AvgIpc) is 3.48. The van der Waals surface area contributed by atoms with Crippen LogP contribution in [0.4, 0.5) is 4.39 Å². The van der Waals surface area contributed by atoms with Gasteiger partial charge in [0, 0.05) is 11.0 Å². The second-order valence-electron chi connectivity index (χ2n) is 6.72. The molecule has 27 heavy (non-hydrogen) atoms. The molecular weight excluding hydrogens is 339 g/mol. The summed E-state index contributed by atoms with van der Waals surface area (Å²) >= 11 is 0. The van der Waals surface area contributed by atoms with Crippen LogP contribution in [0.1, 0.15) is 23.1 Å². The molecule has 1 atom stereocenters. The summed E-state index contributed by atoms with van der Waals surface area (Å²) in [5, 5.41) is 3.95. The van der Waals surface area contributed by atoms with E-state index in [-0.39, 0.29) is 23.1 Å². The fourth-order valence-corrected chi connectivity index (χ4v) is 3.68. The first-order valence-electron chi connectivity index (χ1n) is 8.90. The number of carbonyl (C=O) groups is 1. The van der Waals surface area contributed by atoms with Crippen LogP contribution in [0.5, 0.6) is 0 Å². The van der Waals surface area contributed by atoms with Gasteiger partial charge in [-0.2, -0.15) is 5.10 Å². The van der Waals surface area contributed by atoms with Gasteiger partial charge >= 0.3 is 0 Å². The number of halogens is 1. The van der Waals surface area contributed by atoms with E-state index in [1.807, 2.05) is 36.4 Å². The fraction of sp³-hybridized carbons (Fsp3) is 0.130. The molecule has 0 spiro atoms. The number of amides is 1. The molecule has 3 aromatic rings. The summed E-state index contributed by atoms with van der Waals surface area (Å²) < 4.78 is 13.6. The molecular formula is C23H19FN2O. The van der Waals surface area contributed by atoms with Gasteiger partial charge in [-0.1, -0.05) is 78.9 Å². The molecule has 1 saturated carbocycles. The van der Waals surface area contributed by atoms with Gasteiger partial charge in [0.2, 0.25) is 5.91 Å². The Morgan fingerprint density at radius 1 is 0.926 bits per heavy atom. The van der Waals surface area contributed by atoms with Crippen molar-refractivity contribution >= 4 is 12.1 Å². The zero-order valence-corrected chi connectivity index (χ0v) is 14.7. The Morgan fingerprint density at radius 3 is 2.07 bits per heavy atom. The van der Waals surface area contributed by atoms with Crippen molar-refractivity contribution in [3.63, 3.8) is 0 Å². The second kappa shape index (κ2) is 7.16. The molecule has 1 amide bonds. The van der Waals surface area contributed by atoms with E-state index < -0.39 is 0 Å². The molecule has 0 radical (unpaired) electrons. The van der Waals surface area contributed by atoms with Crippen LogP contribution < -0.4 is 5.43 Å². The number of rotatable bonds is 5. The summed E-state index contributed by atoms with van der Waals surface area (Å²) in [6, 6.07) is 26.4. The maximum atomic E-state index is 13.6. The average molecular weight is 358 g/mol. The zero-order chi connectivity index (χ0) is 18.7. The maximum Gasteiger partial charge on any atom is 0.244 e. The van der Waals surface area contributed by atoms with Gasteiger partial charge in [-0.05, 0) is 23.6 Å². The molecule has 0 aliphatic heterocycles. The highest BCUT2D eigenvalue weighted by molar-refractivity contribution is 5.87. The van der Waals surface area contributed by atoms with E-state index >= 15 is 0 Å². The van der Waals surface area contributed by atoms with E-state index in [2.05, 4.69) is 34.8 Å². The van der Waals surface area contributed by atoms with Gasteiger partial charge in [0.05, 0.1) is 12.1 Å². The lowest BCUT2D eigenvalue weighted by Gasteiger charge is -2.18. The van der Waals surface area contributed by atoms with Crippen LogP contribution in [-0.2, 0) is 10.2 Å². The first kappa shape index (κ1) is 17.2. The summed E-state index contributed by atoms with van der Waals surface area (Å²) in [5.41, 5.74) is 4.82. The number of benzene rings is 3. The van der Waals surface area contributed by atoms with Crippen molar-refractivity contribution in [2.75, 3.05) is 0 Å². The molecule has 1 N–H and O–H groups in total. The van der Waals surface area contributed by atoms with Gasteiger partial charge in [0.15, 0.2) is 0 Å². The van der Waals surface area contributed by atoms with Crippen molar-refractivity contribution in [2.24, 2.45) is 11.0 Å². The van der Waals surface area contributed by atoms with E-state index in [1.165, 1.54) is 12.3 Å². The molecule has 134 valence electrons. The lowest BCUT2D eigenvalue weighted by atomic mass is 9.85. The molecule has 3 aromatic carbocycles. The number of hydrogen-bond acceptors (Lipinski definition) is 2. The minimum absolute atomic E-state index is 0.157. The van der Waals surface area contributed by atoms with Gasteiger partial charge in [0.1, 0.15) is 5.82 Å². The first-order valence-corrected chi connectivity index (χ1v) is 8.90. The Hall–Kier alpha value is -3.27. The standard InChI is InChI=1S/C23H19FN2O/c24-21-14-8-7-9-17(21)16-25-26-22(27)20-15-23(20,18-10-3-1-4-11-18)19-12-5-2-6-13-19/h1-14,16,20H,15H2,(H,26,27)/b25-16-. The quantitative estimate of drug-likeness (QED) is 0.537. The maximum absolute atomic E-state index is 13.6. The summed E-state index contributed by atoms with van der Waals surface area (Å²) in [7, 11) is 0. The van der Waals surface area contributed by atoms with Crippen LogP contribution in [0.25, 0.3) is 0 Å². The molecule has 0 aromatic heterocycles. The Balaban J connectivity index is 1.55. The van der Waals surface area contributed by atoms with E-state index in [1.54, 1.807) is 18.2 Å². The third-order valence-corrected chi connectivity index (χ3v) is 5.14. The van der Waals surface area contributed by atoms with Crippen molar-refractivity contribution in [3.05, 3.63) is 107 Å². The van der Waals surface area contributed by atoms with Crippen molar-refractivity contribution in [3.8, 4) is 0 Å². The topological polar surface area (TPSA) is 41.5 Å². The third-order valence-electron chi connectivity index (χ3n) is 5.14. The largest absolute Gasteiger partial charge is 0.273 e. The van der Waals surface area contributed by atoms with Crippen LogP contribution in [0.15, 0.2) is 90.0 Å². The Morgan fingerprint density at radius 2 is 1.48 bits per heavy atom. The third kappa shape index (κ3) is 3.26. The Bertz CT molecular complexity index is 930. The predicted molar refractivity (Wildman–Crippen MR) is 104 cm³/mol. The van der Waals surface area contributed by atoms with Gasteiger partial charge < -0.3 is 0 Å². The number of nitrogens with zero attached hydrogens (tertiary/aromatic N) is 1. The molecule has 0 bridgehead atoms. The Kier molecular flexibility index (Phi) is 4.55. The minimum Gasteiger partial charge on any atom is -0.273 e. The summed E-state index contributed by atoms with van der Waals surface area (Å²) in [5.74, 6) is -0.736. The predicted octanol–water partition coefficient (Wildman–Crippen LogP) is 4.28. The highest BCUT2D eigenvalue weighted by Gasteiger charge is 2.60. The van der Waals surface area contributed by atoms with Crippen LogP contribution in [0, 0.1) is 11.7 Å². The van der Waals surface area contributed by atoms with Crippen molar-refractivity contribution in [1.82, 2.24) is 5.43 Å². The lowest BCUT2D eigenvalue weighted by Crippen LogP contribution is -2.25. The van der Waals surface area contributed by atoms with Crippen molar-refractivity contribution in [1.29, 1.82) is 0 Å². The van der Waals surface area contributed by atoms with E-state index in [0.717, 1.165) is 17.5 Å². The minimum atomic E-state index is -0.371. The number of nitrogens with one attached hydrogen (secondary N) is 1. The first-order chi connectivity index (χ1) is 13.2. The van der Waals surface area contributed by atoms with Crippen LogP contribution in [0.2, 0.25) is 0 Å². The van der Waals surface area contributed by atoms with E-state index in [4.69, 9.17) is 0 Å². The van der Waals surface area contributed by atoms with Crippen LogP contribution in [-0.4, -0.2) is 12.1 Å². The van der Waals surface area contributed by atoms with Gasteiger partial charge in [-0.3, -0.25) is 4.79 Å². The molecule has 1 aliphatic rings. The van der Waals surface area contributed by atoms with E-state index in [0.29, 0.717) is 5.56 Å². The Labute approximate surface area is 157 Å². The highest BCUT2D eigenvalue weighted by atomic mass is 19.1. The SMILES string of the molecule is O=C(N/N=C\c1ccccc1F)C1CC1(c1ccccc1)c1ccccc1. The van der Waals surface area contributed by atoms with Gasteiger partial charge in [0.25, 0.3) is 0 Å². The molecule has 1 unspecified atom stereocenters. The fourth-order valence-electron chi connectivity index (χ4n) is 3.68. The zero-order valence-electron chi connectivity index (χ0n) is 14.7. The number of carbonyl (C=O) groups excluding carboxylic acids is 1. The lowest BCUT2D eigenvalue weighted by molar-refractivity contribution is -0.122. The molecule has 4 rings (SSSR count). The molecule has 1 aliphatic carbocycles. The number of hydrogen-bond donors (Lipinski definition) is 1. The molecule has 0 heterocycles. The van der Waals surface area contributed by atoms with Crippen LogP contribution in [0.3, 0.4) is 0 Å². The van der Waals surface area contributed by atoms with Crippen LogP contribution >= 0.6 is 0 Å². The van der Waals surface area contributed by atoms with Gasteiger partial charge in [-0.15, -0.1) is 0 Å². The molecule has 1 fully saturated rings. The van der Waals surface area contributed by atoms with Crippen molar-refractivity contribution in [2.45, 2.75) is 11.8 Å². The normalized spacial score (nSPS) is 17.6. The summed E-state index contributed by atoms with van der Waals surface area (Å²) in [6.07, 6.45) is 2.06. The van der Waals surface area contributed by atoms with E-state index in [9.17, 15) is 9.18 Å². The second-order valence-corrected chi connectivity index (χ2v) is 6.72. The highest BCUT2D eigenvalue weighted by Crippen LogP contribution is 2.58. The summed E-state index contributed by atoms with van der Waals surface area (Å²) in [6.45, 7) is 0. The number of hydrazone groups is 1. The smallest absolute Gasteiger partial charge is 0.244 e. The monoisotopic (exact) mass is 358 g/mol. The molecule has 3 nitrogen and oxygen atoms in total. The van der Waals surface area contributed by atoms with Gasteiger partial charge in [-0.25, -0.2) is 9.82 Å². The molecule has 4 heteroatoms. The molecule has 0 saturated heterocycles. The summed E-state index contributed by atoms with van der Waals surface area (Å²) in [4.78, 5) is 12.7. The van der Waals surface area contributed by atoms with Crippen molar-refractivity contribution < 1.29 is 9.18 Å².